The molecule has 0 saturated carbocycles. The van der Waals surface area contributed by atoms with Crippen LogP contribution in [-0.2, 0) is 17.7 Å². The Labute approximate surface area is 168 Å². The lowest BCUT2D eigenvalue weighted by Crippen LogP contribution is -2.38. The SMILES string of the molecule is Cc1ncc(CN2CCO[C@@H](c3cccc(Cc4ccccc4Cl)n3)C2)s1. The van der Waals surface area contributed by atoms with Crippen molar-refractivity contribution in [3.63, 3.8) is 0 Å². The molecule has 0 spiro atoms. The number of thiazole rings is 1. The van der Waals surface area contributed by atoms with Crippen molar-refractivity contribution in [1.29, 1.82) is 0 Å². The summed E-state index contributed by atoms with van der Waals surface area (Å²) in [4.78, 5) is 12.9. The maximum absolute atomic E-state index is 6.30. The second-order valence-electron chi connectivity index (χ2n) is 6.76. The lowest BCUT2D eigenvalue weighted by Gasteiger charge is -2.32. The number of rotatable bonds is 5. The molecule has 1 atom stereocenters. The summed E-state index contributed by atoms with van der Waals surface area (Å²) in [6, 6.07) is 14.1. The number of morpholine rings is 1. The predicted octanol–water partition coefficient (Wildman–Crippen LogP) is 4.66. The van der Waals surface area contributed by atoms with E-state index in [0.29, 0.717) is 0 Å². The van der Waals surface area contributed by atoms with Crippen LogP contribution in [0.15, 0.2) is 48.7 Å². The summed E-state index contributed by atoms with van der Waals surface area (Å²) in [6.45, 7) is 5.47. The Hall–Kier alpha value is -1.79. The van der Waals surface area contributed by atoms with Gasteiger partial charge in [-0.05, 0) is 30.7 Å². The van der Waals surface area contributed by atoms with Gasteiger partial charge in [0.05, 0.1) is 17.3 Å². The first-order chi connectivity index (χ1) is 13.2. The third-order valence-corrected chi connectivity index (χ3v) is 5.95. The Balaban J connectivity index is 1.45. The van der Waals surface area contributed by atoms with E-state index in [-0.39, 0.29) is 6.10 Å². The van der Waals surface area contributed by atoms with E-state index in [1.54, 1.807) is 11.3 Å². The molecule has 0 unspecified atom stereocenters. The van der Waals surface area contributed by atoms with E-state index in [9.17, 15) is 0 Å². The van der Waals surface area contributed by atoms with Gasteiger partial charge in [-0.2, -0.15) is 0 Å². The van der Waals surface area contributed by atoms with Crippen LogP contribution in [-0.4, -0.2) is 34.6 Å². The number of pyridine rings is 1. The summed E-state index contributed by atoms with van der Waals surface area (Å²) in [5.41, 5.74) is 3.10. The van der Waals surface area contributed by atoms with Gasteiger partial charge in [-0.25, -0.2) is 4.98 Å². The third kappa shape index (κ3) is 4.74. The molecular formula is C21H22ClN3OS. The lowest BCUT2D eigenvalue weighted by molar-refractivity contribution is -0.0347. The van der Waals surface area contributed by atoms with Gasteiger partial charge in [0.1, 0.15) is 6.10 Å². The molecule has 0 N–H and O–H groups in total. The summed E-state index contributed by atoms with van der Waals surface area (Å²) in [7, 11) is 0. The number of nitrogens with zero attached hydrogens (tertiary/aromatic N) is 3. The molecule has 1 aliphatic heterocycles. The molecule has 1 aliphatic rings. The fourth-order valence-electron chi connectivity index (χ4n) is 3.34. The van der Waals surface area contributed by atoms with Crippen molar-refractivity contribution in [1.82, 2.24) is 14.9 Å². The van der Waals surface area contributed by atoms with Crippen molar-refractivity contribution in [2.45, 2.75) is 26.0 Å². The molecule has 27 heavy (non-hydrogen) atoms. The largest absolute Gasteiger partial charge is 0.369 e. The van der Waals surface area contributed by atoms with Crippen LogP contribution in [0.5, 0.6) is 0 Å². The Morgan fingerprint density at radius 1 is 1.22 bits per heavy atom. The summed E-state index contributed by atoms with van der Waals surface area (Å²) in [5.74, 6) is 0. The highest BCUT2D eigenvalue weighted by atomic mass is 35.5. The first kappa shape index (κ1) is 18.6. The lowest BCUT2D eigenvalue weighted by atomic mass is 10.1. The molecule has 3 heterocycles. The maximum atomic E-state index is 6.30. The van der Waals surface area contributed by atoms with E-state index in [2.05, 4.69) is 22.0 Å². The first-order valence-corrected chi connectivity index (χ1v) is 10.3. The molecule has 0 bridgehead atoms. The Bertz CT molecular complexity index is 914. The van der Waals surface area contributed by atoms with Gasteiger partial charge in [0.25, 0.3) is 0 Å². The highest BCUT2D eigenvalue weighted by Crippen LogP contribution is 2.24. The number of aromatic nitrogens is 2. The fourth-order valence-corrected chi connectivity index (χ4v) is 4.38. The van der Waals surface area contributed by atoms with Gasteiger partial charge >= 0.3 is 0 Å². The predicted molar refractivity (Wildman–Crippen MR) is 109 cm³/mol. The van der Waals surface area contributed by atoms with Gasteiger partial charge in [-0.3, -0.25) is 9.88 Å². The van der Waals surface area contributed by atoms with Crippen LogP contribution in [0.25, 0.3) is 0 Å². The number of aryl methyl sites for hydroxylation is 1. The summed E-state index contributed by atoms with van der Waals surface area (Å²) in [6.07, 6.45) is 2.70. The summed E-state index contributed by atoms with van der Waals surface area (Å²) in [5, 5.41) is 1.90. The van der Waals surface area contributed by atoms with E-state index in [1.165, 1.54) is 4.88 Å². The molecule has 4 rings (SSSR count). The normalized spacial score (nSPS) is 17.9. The highest BCUT2D eigenvalue weighted by Gasteiger charge is 2.23. The number of hydrogen-bond acceptors (Lipinski definition) is 5. The first-order valence-electron chi connectivity index (χ1n) is 9.12. The van der Waals surface area contributed by atoms with Crippen LogP contribution in [0.2, 0.25) is 5.02 Å². The molecule has 3 aromatic rings. The zero-order valence-electron chi connectivity index (χ0n) is 15.3. The Morgan fingerprint density at radius 2 is 2.11 bits per heavy atom. The van der Waals surface area contributed by atoms with Crippen molar-refractivity contribution in [2.75, 3.05) is 19.7 Å². The standard InChI is InChI=1S/C21H22ClN3OS/c1-15-23-12-18(27-15)13-25-9-10-26-21(14-25)20-8-4-6-17(24-20)11-16-5-2-3-7-19(16)22/h2-8,12,21H,9-11,13-14H2,1H3/t21-/m1/s1. The minimum absolute atomic E-state index is 0.000960. The highest BCUT2D eigenvalue weighted by molar-refractivity contribution is 7.11. The summed E-state index contributed by atoms with van der Waals surface area (Å²) >= 11 is 8.06. The number of benzene rings is 1. The van der Waals surface area contributed by atoms with E-state index in [0.717, 1.165) is 59.6 Å². The molecule has 1 fully saturated rings. The molecule has 1 aromatic carbocycles. The summed E-state index contributed by atoms with van der Waals surface area (Å²) < 4.78 is 6.02. The van der Waals surface area contributed by atoms with Crippen LogP contribution in [0.3, 0.4) is 0 Å². The number of hydrogen-bond donors (Lipinski definition) is 0. The zero-order valence-corrected chi connectivity index (χ0v) is 16.8. The second kappa shape index (κ2) is 8.48. The maximum Gasteiger partial charge on any atom is 0.112 e. The van der Waals surface area contributed by atoms with Crippen molar-refractivity contribution in [3.05, 3.63) is 80.5 Å². The monoisotopic (exact) mass is 399 g/mol. The number of halogens is 1. The minimum atomic E-state index is -0.000960. The Kier molecular flexibility index (Phi) is 5.83. The van der Waals surface area contributed by atoms with Crippen molar-refractivity contribution < 1.29 is 4.74 Å². The van der Waals surface area contributed by atoms with Crippen LogP contribution in [0.1, 0.15) is 32.9 Å². The Morgan fingerprint density at radius 3 is 2.93 bits per heavy atom. The van der Waals surface area contributed by atoms with E-state index in [4.69, 9.17) is 21.3 Å². The van der Waals surface area contributed by atoms with Crippen LogP contribution in [0.4, 0.5) is 0 Å². The average Bonchev–Trinajstić information content (AvgIpc) is 3.09. The number of ether oxygens (including phenoxy) is 1. The van der Waals surface area contributed by atoms with Crippen molar-refractivity contribution in [2.24, 2.45) is 0 Å². The van der Waals surface area contributed by atoms with Crippen LogP contribution < -0.4 is 0 Å². The molecule has 140 valence electrons. The zero-order chi connectivity index (χ0) is 18.6. The van der Waals surface area contributed by atoms with E-state index >= 15 is 0 Å². The van der Waals surface area contributed by atoms with Crippen LogP contribution in [0, 0.1) is 6.92 Å². The van der Waals surface area contributed by atoms with Crippen molar-refractivity contribution in [3.8, 4) is 0 Å². The van der Waals surface area contributed by atoms with Gasteiger partial charge in [-0.15, -0.1) is 11.3 Å². The van der Waals surface area contributed by atoms with Gasteiger partial charge in [0.15, 0.2) is 0 Å². The molecule has 0 radical (unpaired) electrons. The third-order valence-electron chi connectivity index (χ3n) is 4.69. The molecular weight excluding hydrogens is 378 g/mol. The fraction of sp³-hybridized carbons (Fsp3) is 0.333. The van der Waals surface area contributed by atoms with Gasteiger partial charge < -0.3 is 4.74 Å². The van der Waals surface area contributed by atoms with E-state index in [1.807, 2.05) is 43.5 Å². The molecule has 2 aromatic heterocycles. The van der Waals surface area contributed by atoms with Crippen molar-refractivity contribution >= 4 is 22.9 Å². The minimum Gasteiger partial charge on any atom is -0.369 e. The molecule has 1 saturated heterocycles. The molecule has 0 amide bonds. The smallest absolute Gasteiger partial charge is 0.112 e. The molecule has 4 nitrogen and oxygen atoms in total. The second-order valence-corrected chi connectivity index (χ2v) is 8.49. The quantitative estimate of drug-likeness (QED) is 0.625. The topological polar surface area (TPSA) is 38.2 Å². The molecule has 0 aliphatic carbocycles. The van der Waals surface area contributed by atoms with E-state index < -0.39 is 0 Å². The molecule has 6 heteroatoms. The average molecular weight is 400 g/mol. The van der Waals surface area contributed by atoms with Crippen LogP contribution >= 0.6 is 22.9 Å². The van der Waals surface area contributed by atoms with Gasteiger partial charge in [0.2, 0.25) is 0 Å². The van der Waals surface area contributed by atoms with Gasteiger partial charge in [0, 0.05) is 47.8 Å². The van der Waals surface area contributed by atoms with Gasteiger partial charge in [-0.1, -0.05) is 35.9 Å².